The minimum absolute atomic E-state index is 0.0193. The summed E-state index contributed by atoms with van der Waals surface area (Å²) in [5, 5.41) is 8.77. The number of nitrogens with zero attached hydrogens (tertiary/aromatic N) is 7. The normalized spacial score (nSPS) is 17.0. The number of para-hydroxylation sites is 1. The summed E-state index contributed by atoms with van der Waals surface area (Å²) < 4.78 is 129. The van der Waals surface area contributed by atoms with Crippen molar-refractivity contribution in [2.45, 2.75) is 76.1 Å². The molecule has 0 aliphatic heterocycles. The van der Waals surface area contributed by atoms with Crippen LogP contribution in [0.4, 0.5) is 37.8 Å². The van der Waals surface area contributed by atoms with Gasteiger partial charge in [0, 0.05) is 62.3 Å². The zero-order chi connectivity index (χ0) is 47.9. The number of hydrogen-bond acceptors (Lipinski definition) is 7. The molecular formula is C46H45ClF6N8O4SSi. The van der Waals surface area contributed by atoms with E-state index in [1.165, 1.54) is 9.58 Å². The van der Waals surface area contributed by atoms with Gasteiger partial charge in [-0.25, -0.2) is 31.0 Å². The van der Waals surface area contributed by atoms with Gasteiger partial charge < -0.3 is 14.2 Å². The number of pyridine rings is 1. The molecule has 67 heavy (non-hydrogen) atoms. The van der Waals surface area contributed by atoms with Crippen LogP contribution < -0.4 is 9.62 Å². The first-order valence-corrected chi connectivity index (χ1v) is 27.4. The molecule has 3 aromatic carbocycles. The Morgan fingerprint density at radius 3 is 2.39 bits per heavy atom. The van der Waals surface area contributed by atoms with Crippen molar-refractivity contribution in [3.63, 3.8) is 0 Å². The van der Waals surface area contributed by atoms with Crippen LogP contribution in [0.1, 0.15) is 53.0 Å². The standard InChI is InChI=1S/C46H45ClF6N8O4SSi/c1-58-42-29(11-12-33(47)39(42)45(56-58)57-66(2,63)64)30-22-35-34(13-14-59(35)24-65-15-16-67(3,4)5)54-40(30)36(19-25-17-26(48)20-27(49)18-25)61(28-9-7-6-8-10-28)37(62)23-60-43-38(41(55-60)44(50)51)31-21-32(31)46(43,52)53/h6-14,17-18,20,22,31-32,36,44H,15-16,19,21,23-24H2,1-5H3,(H,56,57)/t31-,32+,36?/m0/s1. The van der Waals surface area contributed by atoms with E-state index in [-0.39, 0.29) is 58.3 Å². The Balaban J connectivity index is 1.28. The summed E-state index contributed by atoms with van der Waals surface area (Å²) in [5.74, 6) is -8.30. The SMILES string of the molecule is Cn1nc(NS(C)(=O)=O)c2c(Cl)ccc(-c3cc4c(ccn4COCC[Si](C)(C)C)nc3C(Cc3cc(F)cc(F)c3)N(C(=O)Cn3nc(C(F)F)c4c3C(F)(F)[C@@H]3C[C@H]43)c3ccccc3)c21. The van der Waals surface area contributed by atoms with Gasteiger partial charge in [0.15, 0.2) is 5.82 Å². The van der Waals surface area contributed by atoms with Crippen molar-refractivity contribution in [3.8, 4) is 11.1 Å². The average molecular weight is 984 g/mol. The molecule has 12 nitrogen and oxygen atoms in total. The van der Waals surface area contributed by atoms with Gasteiger partial charge in [-0.1, -0.05) is 55.5 Å². The van der Waals surface area contributed by atoms with Crippen molar-refractivity contribution in [2.75, 3.05) is 22.5 Å². The summed E-state index contributed by atoms with van der Waals surface area (Å²) >= 11 is 6.80. The van der Waals surface area contributed by atoms with Gasteiger partial charge in [0.1, 0.15) is 36.3 Å². The van der Waals surface area contributed by atoms with E-state index in [2.05, 4.69) is 34.6 Å². The Labute approximate surface area is 387 Å². The smallest absolute Gasteiger partial charge is 0.293 e. The fourth-order valence-electron chi connectivity index (χ4n) is 9.22. The number of fused-ring (bicyclic) bond motifs is 5. The number of ether oxygens (including phenoxy) is 1. The Morgan fingerprint density at radius 1 is 1.00 bits per heavy atom. The lowest BCUT2D eigenvalue weighted by molar-refractivity contribution is -0.120. The third-order valence-electron chi connectivity index (χ3n) is 12.3. The minimum Gasteiger partial charge on any atom is -0.361 e. The molecule has 21 heteroatoms. The highest BCUT2D eigenvalue weighted by molar-refractivity contribution is 7.92. The second-order valence-electron chi connectivity index (χ2n) is 18.4. The zero-order valence-electron chi connectivity index (χ0n) is 36.9. The van der Waals surface area contributed by atoms with E-state index in [0.29, 0.717) is 45.0 Å². The molecule has 4 aromatic heterocycles. The number of alkyl halides is 4. The average Bonchev–Trinajstić information content (AvgIpc) is 3.52. The van der Waals surface area contributed by atoms with Crippen molar-refractivity contribution in [1.29, 1.82) is 0 Å². The Bertz CT molecular complexity index is 3170. The van der Waals surface area contributed by atoms with Gasteiger partial charge in [0.25, 0.3) is 12.3 Å². The first kappa shape index (κ1) is 46.4. The molecule has 0 bridgehead atoms. The number of anilines is 2. The van der Waals surface area contributed by atoms with Crippen LogP contribution in [0.15, 0.2) is 79.0 Å². The molecular weight excluding hydrogens is 938 g/mol. The molecule has 0 radical (unpaired) electrons. The molecule has 3 atom stereocenters. The van der Waals surface area contributed by atoms with E-state index in [0.717, 1.165) is 24.4 Å². The number of sulfonamides is 1. The molecule has 2 aliphatic rings. The predicted octanol–water partition coefficient (Wildman–Crippen LogP) is 10.6. The van der Waals surface area contributed by atoms with Crippen LogP contribution in [0, 0.1) is 17.6 Å². The number of amides is 1. The molecule has 1 saturated carbocycles. The molecule has 9 rings (SSSR count). The van der Waals surface area contributed by atoms with Crippen LogP contribution in [0.5, 0.6) is 0 Å². The number of carbonyl (C=O) groups is 1. The quantitative estimate of drug-likeness (QED) is 0.0580. The van der Waals surface area contributed by atoms with Gasteiger partial charge in [-0.05, 0) is 72.8 Å². The van der Waals surface area contributed by atoms with E-state index in [4.69, 9.17) is 21.3 Å². The molecule has 1 amide bonds. The van der Waals surface area contributed by atoms with Gasteiger partial charge in [-0.3, -0.25) is 18.9 Å². The van der Waals surface area contributed by atoms with Gasteiger partial charge in [0.05, 0.1) is 45.0 Å². The highest BCUT2D eigenvalue weighted by atomic mass is 35.5. The summed E-state index contributed by atoms with van der Waals surface area (Å²) in [7, 11) is -3.73. The molecule has 1 unspecified atom stereocenters. The van der Waals surface area contributed by atoms with Crippen LogP contribution in [-0.4, -0.2) is 64.4 Å². The van der Waals surface area contributed by atoms with Gasteiger partial charge in [-0.15, -0.1) is 0 Å². The van der Waals surface area contributed by atoms with Crippen molar-refractivity contribution < 1.29 is 44.3 Å². The lowest BCUT2D eigenvalue weighted by Crippen LogP contribution is -2.40. The summed E-state index contributed by atoms with van der Waals surface area (Å²) in [5.41, 5.74) is 0.743. The Morgan fingerprint density at radius 2 is 1.72 bits per heavy atom. The van der Waals surface area contributed by atoms with Crippen molar-refractivity contribution in [3.05, 3.63) is 124 Å². The highest BCUT2D eigenvalue weighted by Crippen LogP contribution is 2.68. The maximum absolute atomic E-state index is 15.9. The van der Waals surface area contributed by atoms with Crippen molar-refractivity contribution >= 4 is 69.0 Å². The van der Waals surface area contributed by atoms with Gasteiger partial charge in [0.2, 0.25) is 15.9 Å². The molecule has 1 N–H and O–H groups in total. The molecule has 1 fully saturated rings. The highest BCUT2D eigenvalue weighted by Gasteiger charge is 2.67. The molecule has 7 aromatic rings. The first-order chi connectivity index (χ1) is 31.6. The van der Waals surface area contributed by atoms with E-state index < -0.39 is 83.8 Å². The largest absolute Gasteiger partial charge is 0.361 e. The number of benzene rings is 3. The first-order valence-electron chi connectivity index (χ1n) is 21.4. The fourth-order valence-corrected chi connectivity index (χ4v) is 10.7. The lowest BCUT2D eigenvalue weighted by atomic mass is 9.92. The number of aromatic nitrogens is 6. The lowest BCUT2D eigenvalue weighted by Gasteiger charge is -2.33. The number of aryl methyl sites for hydroxylation is 1. The molecule has 4 heterocycles. The monoisotopic (exact) mass is 982 g/mol. The van der Waals surface area contributed by atoms with E-state index in [9.17, 15) is 17.2 Å². The number of carbonyl (C=O) groups excluding carboxylic acids is 1. The van der Waals surface area contributed by atoms with Crippen LogP contribution >= 0.6 is 11.6 Å². The van der Waals surface area contributed by atoms with Crippen LogP contribution in [0.25, 0.3) is 33.1 Å². The summed E-state index contributed by atoms with van der Waals surface area (Å²) in [6.07, 6.45) is -0.744. The summed E-state index contributed by atoms with van der Waals surface area (Å²) in [6, 6.07) is 17.3. The molecule has 0 spiro atoms. The number of hydrogen-bond donors (Lipinski definition) is 1. The topological polar surface area (TPSA) is 129 Å². The number of rotatable bonds is 16. The summed E-state index contributed by atoms with van der Waals surface area (Å²) in [6.45, 7) is 6.43. The predicted molar refractivity (Wildman–Crippen MR) is 246 cm³/mol. The molecule has 0 saturated heterocycles. The van der Waals surface area contributed by atoms with Crippen molar-refractivity contribution in [2.24, 2.45) is 13.0 Å². The zero-order valence-corrected chi connectivity index (χ0v) is 39.4. The van der Waals surface area contributed by atoms with Crippen LogP contribution in [-0.2, 0) is 52.2 Å². The Hall–Kier alpha value is -5.70. The second-order valence-corrected chi connectivity index (χ2v) is 26.2. The molecule has 352 valence electrons. The van der Waals surface area contributed by atoms with E-state index in [1.54, 1.807) is 67.8 Å². The fraction of sp³-hybridized carbons (Fsp3) is 0.348. The Kier molecular flexibility index (Phi) is 11.9. The maximum Gasteiger partial charge on any atom is 0.293 e. The third kappa shape index (κ3) is 8.95. The van der Waals surface area contributed by atoms with Gasteiger partial charge in [-0.2, -0.15) is 19.0 Å². The molecule has 2 aliphatic carbocycles. The summed E-state index contributed by atoms with van der Waals surface area (Å²) in [4.78, 5) is 21.7. The number of halogens is 7. The third-order valence-corrected chi connectivity index (χ3v) is 14.8. The second kappa shape index (κ2) is 17.1. The van der Waals surface area contributed by atoms with Crippen LogP contribution in [0.3, 0.4) is 0 Å². The maximum atomic E-state index is 15.9. The van der Waals surface area contributed by atoms with E-state index >= 15 is 22.4 Å². The van der Waals surface area contributed by atoms with Crippen molar-refractivity contribution in [1.82, 2.24) is 29.1 Å². The minimum atomic E-state index is -3.87. The van der Waals surface area contributed by atoms with Crippen LogP contribution in [0.2, 0.25) is 30.7 Å². The number of nitrogens with one attached hydrogen (secondary N) is 1. The van der Waals surface area contributed by atoms with Gasteiger partial charge >= 0.3 is 0 Å². The van der Waals surface area contributed by atoms with E-state index in [1.807, 2.05) is 4.57 Å².